The van der Waals surface area contributed by atoms with Crippen molar-refractivity contribution in [2.24, 2.45) is 5.92 Å². The van der Waals surface area contributed by atoms with Gasteiger partial charge in [0, 0.05) is 38.8 Å². The first-order chi connectivity index (χ1) is 13.2. The van der Waals surface area contributed by atoms with Gasteiger partial charge in [-0.05, 0) is 51.0 Å². The summed E-state index contributed by atoms with van der Waals surface area (Å²) in [6.45, 7) is 7.08. The number of oxazole rings is 1. The fraction of sp³-hybridized carbons (Fsp3) is 0.600. The maximum Gasteiger partial charge on any atom is 0.298 e. The molecule has 4 aliphatic rings. The van der Waals surface area contributed by atoms with Crippen LogP contribution in [0.2, 0.25) is 0 Å². The van der Waals surface area contributed by atoms with Gasteiger partial charge in [0.25, 0.3) is 11.9 Å². The highest BCUT2D eigenvalue weighted by Gasteiger charge is 2.35. The molecule has 29 heavy (non-hydrogen) atoms. The van der Waals surface area contributed by atoms with Gasteiger partial charge < -0.3 is 24.4 Å². The van der Waals surface area contributed by atoms with Crippen LogP contribution >= 0.6 is 24.8 Å². The van der Waals surface area contributed by atoms with E-state index in [2.05, 4.69) is 27.1 Å². The number of rotatable bonds is 3. The Labute approximate surface area is 183 Å². The summed E-state index contributed by atoms with van der Waals surface area (Å²) in [5.74, 6) is 0.578. The summed E-state index contributed by atoms with van der Waals surface area (Å²) in [5, 5.41) is 3.27. The molecule has 1 aromatic heterocycles. The molecule has 1 amide bonds. The van der Waals surface area contributed by atoms with Crippen molar-refractivity contribution in [1.82, 2.24) is 20.1 Å². The molecule has 0 spiro atoms. The van der Waals surface area contributed by atoms with E-state index in [1.807, 2.05) is 18.2 Å². The van der Waals surface area contributed by atoms with Gasteiger partial charge in [0.15, 0.2) is 5.58 Å². The van der Waals surface area contributed by atoms with Gasteiger partial charge in [-0.3, -0.25) is 4.79 Å². The summed E-state index contributed by atoms with van der Waals surface area (Å²) in [6.07, 6.45) is 2.37. The first-order valence-corrected chi connectivity index (χ1v) is 10.0. The maximum atomic E-state index is 13.0. The number of amides is 1. The third-order valence-corrected chi connectivity index (χ3v) is 6.40. The molecule has 4 aliphatic heterocycles. The van der Waals surface area contributed by atoms with Crippen molar-refractivity contribution < 1.29 is 9.21 Å². The van der Waals surface area contributed by atoms with Gasteiger partial charge in [0.1, 0.15) is 5.52 Å². The van der Waals surface area contributed by atoms with Crippen LogP contribution in [0.25, 0.3) is 11.1 Å². The van der Waals surface area contributed by atoms with Gasteiger partial charge in [0.2, 0.25) is 0 Å². The Hall–Kier alpha value is -1.54. The minimum absolute atomic E-state index is 0. The first-order valence-electron chi connectivity index (χ1n) is 10.0. The number of likely N-dealkylation sites (N-methyl/N-ethyl adjacent to an activating group) is 1. The Morgan fingerprint density at radius 2 is 1.83 bits per heavy atom. The molecule has 2 bridgehead atoms. The summed E-state index contributed by atoms with van der Waals surface area (Å²) >= 11 is 0. The van der Waals surface area contributed by atoms with Gasteiger partial charge in [-0.2, -0.15) is 4.98 Å². The van der Waals surface area contributed by atoms with E-state index in [9.17, 15) is 4.79 Å². The number of para-hydroxylation sites is 1. The Morgan fingerprint density at radius 1 is 1.10 bits per heavy atom. The van der Waals surface area contributed by atoms with Crippen LogP contribution in [-0.2, 0) is 0 Å². The number of halogens is 2. The third-order valence-electron chi connectivity index (χ3n) is 6.40. The normalized spacial score (nSPS) is 26.7. The number of nitrogens with one attached hydrogen (secondary N) is 1. The number of piperidine rings is 3. The number of hydrogen-bond acceptors (Lipinski definition) is 6. The van der Waals surface area contributed by atoms with E-state index < -0.39 is 0 Å². The van der Waals surface area contributed by atoms with Gasteiger partial charge in [-0.15, -0.1) is 24.8 Å². The van der Waals surface area contributed by atoms with Gasteiger partial charge in [-0.1, -0.05) is 6.07 Å². The van der Waals surface area contributed by atoms with Crippen molar-refractivity contribution in [2.75, 3.05) is 57.8 Å². The average molecular weight is 442 g/mol. The summed E-state index contributed by atoms with van der Waals surface area (Å²) in [7, 11) is 2.13. The van der Waals surface area contributed by atoms with Crippen molar-refractivity contribution in [2.45, 2.75) is 18.9 Å². The number of hydrogen-bond donors (Lipinski definition) is 1. The molecule has 6 rings (SSSR count). The SMILES string of the molecule is CN1CCN(c2nc3c(C(=O)N[C@@H]4CN5CCC4CC5)cccc3o2)CC1.Cl.Cl. The first kappa shape index (κ1) is 22.2. The van der Waals surface area contributed by atoms with Crippen LogP contribution in [0.3, 0.4) is 0 Å². The monoisotopic (exact) mass is 441 g/mol. The summed E-state index contributed by atoms with van der Waals surface area (Å²) in [4.78, 5) is 24.6. The zero-order chi connectivity index (χ0) is 18.4. The molecule has 4 fully saturated rings. The second-order valence-corrected chi connectivity index (χ2v) is 8.16. The van der Waals surface area contributed by atoms with Crippen LogP contribution in [-0.4, -0.2) is 79.6 Å². The molecule has 2 aromatic rings. The smallest absolute Gasteiger partial charge is 0.298 e. The van der Waals surface area contributed by atoms with Crippen LogP contribution in [0.1, 0.15) is 23.2 Å². The lowest BCUT2D eigenvalue weighted by Crippen LogP contribution is -2.57. The molecule has 160 valence electrons. The zero-order valence-corrected chi connectivity index (χ0v) is 18.3. The number of piperazine rings is 1. The number of carbonyl (C=O) groups is 1. The van der Waals surface area contributed by atoms with E-state index in [-0.39, 0.29) is 36.8 Å². The minimum atomic E-state index is -0.0300. The second-order valence-electron chi connectivity index (χ2n) is 8.16. The molecule has 1 N–H and O–H groups in total. The summed E-state index contributed by atoms with van der Waals surface area (Å²) in [5.41, 5.74) is 1.98. The number of aromatic nitrogens is 1. The van der Waals surface area contributed by atoms with E-state index in [1.165, 1.54) is 25.9 Å². The average Bonchev–Trinajstić information content (AvgIpc) is 3.13. The Bertz CT molecular complexity index is 845. The quantitative estimate of drug-likeness (QED) is 0.787. The van der Waals surface area contributed by atoms with E-state index in [0.717, 1.165) is 32.7 Å². The molecule has 1 atom stereocenters. The van der Waals surface area contributed by atoms with E-state index >= 15 is 0 Å². The number of anilines is 1. The number of fused-ring (bicyclic) bond motifs is 4. The van der Waals surface area contributed by atoms with Gasteiger partial charge >= 0.3 is 0 Å². The molecule has 0 radical (unpaired) electrons. The Morgan fingerprint density at radius 3 is 2.48 bits per heavy atom. The molecule has 1 aromatic carbocycles. The molecule has 0 aliphatic carbocycles. The van der Waals surface area contributed by atoms with E-state index in [1.54, 1.807) is 0 Å². The summed E-state index contributed by atoms with van der Waals surface area (Å²) in [6, 6.07) is 6.51. The van der Waals surface area contributed by atoms with Crippen molar-refractivity contribution in [1.29, 1.82) is 0 Å². The minimum Gasteiger partial charge on any atom is -0.423 e. The molecular formula is C20H29Cl2N5O2. The van der Waals surface area contributed by atoms with Crippen LogP contribution < -0.4 is 10.2 Å². The van der Waals surface area contributed by atoms with Crippen molar-refractivity contribution in [3.63, 3.8) is 0 Å². The molecular weight excluding hydrogens is 413 g/mol. The van der Waals surface area contributed by atoms with E-state index in [4.69, 9.17) is 9.40 Å². The Kier molecular flexibility index (Phi) is 6.94. The predicted molar refractivity (Wildman–Crippen MR) is 119 cm³/mol. The fourth-order valence-electron chi connectivity index (χ4n) is 4.63. The number of benzene rings is 1. The zero-order valence-electron chi connectivity index (χ0n) is 16.7. The molecule has 0 saturated carbocycles. The van der Waals surface area contributed by atoms with Crippen molar-refractivity contribution in [3.8, 4) is 0 Å². The highest BCUT2D eigenvalue weighted by Crippen LogP contribution is 2.29. The van der Waals surface area contributed by atoms with Crippen LogP contribution in [0.15, 0.2) is 22.6 Å². The lowest BCUT2D eigenvalue weighted by atomic mass is 9.84. The van der Waals surface area contributed by atoms with Gasteiger partial charge in [-0.25, -0.2) is 0 Å². The topological polar surface area (TPSA) is 64.8 Å². The number of nitrogens with zero attached hydrogens (tertiary/aromatic N) is 4. The fourth-order valence-corrected chi connectivity index (χ4v) is 4.63. The molecule has 7 nitrogen and oxygen atoms in total. The number of carbonyl (C=O) groups excluding carboxylic acids is 1. The maximum absolute atomic E-state index is 13.0. The van der Waals surface area contributed by atoms with Gasteiger partial charge in [0.05, 0.1) is 5.56 Å². The lowest BCUT2D eigenvalue weighted by Gasteiger charge is -2.44. The van der Waals surface area contributed by atoms with Crippen molar-refractivity contribution in [3.05, 3.63) is 23.8 Å². The van der Waals surface area contributed by atoms with Crippen LogP contribution in [0.4, 0.5) is 6.01 Å². The molecule has 9 heteroatoms. The Balaban J connectivity index is 0.00000120. The van der Waals surface area contributed by atoms with Crippen molar-refractivity contribution >= 4 is 47.8 Å². The van der Waals surface area contributed by atoms with Crippen LogP contribution in [0, 0.1) is 5.92 Å². The molecule has 4 saturated heterocycles. The standard InChI is InChI=1S/C20H27N5O2.2ClH/c1-23-9-11-25(12-10-23)20-22-18-15(3-2-4-17(18)27-20)19(26)21-16-13-24-7-5-14(16)6-8-24;;/h2-4,14,16H,5-13H2,1H3,(H,21,26);2*1H/t16-;;/m1../s1. The highest BCUT2D eigenvalue weighted by atomic mass is 35.5. The second kappa shape index (κ2) is 9.08. The molecule has 5 heterocycles. The summed E-state index contributed by atoms with van der Waals surface area (Å²) < 4.78 is 5.98. The highest BCUT2D eigenvalue weighted by molar-refractivity contribution is 6.04. The third kappa shape index (κ3) is 4.33. The largest absolute Gasteiger partial charge is 0.423 e. The van der Waals surface area contributed by atoms with Crippen LogP contribution in [0.5, 0.6) is 0 Å². The predicted octanol–water partition coefficient (Wildman–Crippen LogP) is 2.25. The lowest BCUT2D eigenvalue weighted by molar-refractivity contribution is 0.0621. The molecule has 0 unspecified atom stereocenters. The van der Waals surface area contributed by atoms with E-state index in [0.29, 0.717) is 28.6 Å².